The summed E-state index contributed by atoms with van der Waals surface area (Å²) < 4.78 is 39.6. The van der Waals surface area contributed by atoms with Gasteiger partial charge in [-0.3, -0.25) is 9.48 Å². The topological polar surface area (TPSA) is 85.8 Å². The maximum Gasteiger partial charge on any atom is 0.416 e. The Morgan fingerprint density at radius 3 is 2.55 bits per heavy atom. The first kappa shape index (κ1) is 20.9. The second kappa shape index (κ2) is 8.06. The molecule has 4 aromatic rings. The van der Waals surface area contributed by atoms with Crippen molar-refractivity contribution < 1.29 is 23.1 Å². The first-order valence-corrected chi connectivity index (χ1v) is 10.1. The SMILES string of the molecule is Cc1nn(-c2ccc(C(F)(F)F)cc2)nc1CSc1ccc2c(cnn2CC(=O)O)c1. The number of aliphatic carboxylic acids is 1. The quantitative estimate of drug-likeness (QED) is 0.443. The van der Waals surface area contributed by atoms with Crippen molar-refractivity contribution in [2.75, 3.05) is 0 Å². The van der Waals surface area contributed by atoms with Crippen LogP contribution in [0.1, 0.15) is 17.0 Å². The zero-order chi connectivity index (χ0) is 22.2. The highest BCUT2D eigenvalue weighted by Gasteiger charge is 2.30. The summed E-state index contributed by atoms with van der Waals surface area (Å²) in [4.78, 5) is 13.2. The molecule has 0 aliphatic carbocycles. The van der Waals surface area contributed by atoms with Crippen LogP contribution in [0.25, 0.3) is 16.6 Å². The van der Waals surface area contributed by atoms with Crippen molar-refractivity contribution in [1.82, 2.24) is 24.8 Å². The summed E-state index contributed by atoms with van der Waals surface area (Å²) in [5.74, 6) is -0.448. The van der Waals surface area contributed by atoms with Crippen molar-refractivity contribution in [1.29, 1.82) is 0 Å². The number of carboxylic acids is 1. The third-order valence-electron chi connectivity index (χ3n) is 4.58. The molecule has 160 valence electrons. The summed E-state index contributed by atoms with van der Waals surface area (Å²) in [5, 5.41) is 22.6. The molecule has 2 heterocycles. The molecule has 31 heavy (non-hydrogen) atoms. The van der Waals surface area contributed by atoms with Crippen molar-refractivity contribution >= 4 is 28.6 Å². The van der Waals surface area contributed by atoms with E-state index in [1.807, 2.05) is 18.2 Å². The maximum atomic E-state index is 12.7. The lowest BCUT2D eigenvalue weighted by Gasteiger charge is -2.06. The molecule has 0 amide bonds. The molecule has 2 aromatic heterocycles. The van der Waals surface area contributed by atoms with E-state index in [1.165, 1.54) is 33.4 Å². The molecular formula is C20H16F3N5O2S. The summed E-state index contributed by atoms with van der Waals surface area (Å²) in [7, 11) is 0. The van der Waals surface area contributed by atoms with Crippen LogP contribution in [0.4, 0.5) is 13.2 Å². The molecule has 0 aliphatic rings. The molecule has 7 nitrogen and oxygen atoms in total. The van der Waals surface area contributed by atoms with Gasteiger partial charge < -0.3 is 5.11 Å². The van der Waals surface area contributed by atoms with Gasteiger partial charge in [0.1, 0.15) is 6.54 Å². The van der Waals surface area contributed by atoms with Crippen LogP contribution < -0.4 is 0 Å². The minimum atomic E-state index is -4.39. The van der Waals surface area contributed by atoms with Crippen LogP contribution in [-0.2, 0) is 23.3 Å². The molecule has 1 N–H and O–H groups in total. The smallest absolute Gasteiger partial charge is 0.416 e. The first-order valence-electron chi connectivity index (χ1n) is 9.11. The fraction of sp³-hybridized carbons (Fsp3) is 0.200. The van der Waals surface area contributed by atoms with Crippen molar-refractivity contribution in [2.45, 2.75) is 30.3 Å². The summed E-state index contributed by atoms with van der Waals surface area (Å²) >= 11 is 1.52. The normalized spacial score (nSPS) is 11.9. The van der Waals surface area contributed by atoms with Crippen LogP contribution in [-0.4, -0.2) is 35.9 Å². The zero-order valence-corrected chi connectivity index (χ0v) is 17.0. The number of fused-ring (bicyclic) bond motifs is 1. The van der Waals surface area contributed by atoms with E-state index in [0.717, 1.165) is 27.9 Å². The number of carbonyl (C=O) groups is 1. The maximum absolute atomic E-state index is 12.7. The fourth-order valence-corrected chi connectivity index (χ4v) is 3.95. The minimum absolute atomic E-state index is 0.206. The summed E-state index contributed by atoms with van der Waals surface area (Å²) in [6, 6.07) is 10.3. The lowest BCUT2D eigenvalue weighted by molar-refractivity contribution is -0.138. The third-order valence-corrected chi connectivity index (χ3v) is 5.58. The monoisotopic (exact) mass is 447 g/mol. The molecule has 0 bridgehead atoms. The standard InChI is InChI=1S/C20H16F3N5O2S/c1-12-17(26-28(25-12)15-4-2-14(3-5-15)20(21,22)23)11-31-16-6-7-18-13(8-16)9-24-27(18)10-19(29)30/h2-9H,10-11H2,1H3,(H,29,30). The number of hydrogen-bond acceptors (Lipinski definition) is 5. The van der Waals surface area contributed by atoms with E-state index in [2.05, 4.69) is 15.3 Å². The second-order valence-electron chi connectivity index (χ2n) is 6.77. The highest BCUT2D eigenvalue weighted by atomic mass is 32.2. The lowest BCUT2D eigenvalue weighted by Crippen LogP contribution is -2.09. The van der Waals surface area contributed by atoms with E-state index in [1.54, 1.807) is 13.1 Å². The number of aryl methyl sites for hydroxylation is 1. The van der Waals surface area contributed by atoms with Crippen LogP contribution in [0.5, 0.6) is 0 Å². The van der Waals surface area contributed by atoms with E-state index in [-0.39, 0.29) is 6.54 Å². The number of halogens is 3. The number of nitrogens with zero attached hydrogens (tertiary/aromatic N) is 5. The molecule has 0 saturated heterocycles. The van der Waals surface area contributed by atoms with Crippen LogP contribution in [0, 0.1) is 6.92 Å². The van der Waals surface area contributed by atoms with Crippen LogP contribution in [0.15, 0.2) is 53.6 Å². The predicted molar refractivity (Wildman–Crippen MR) is 108 cm³/mol. The minimum Gasteiger partial charge on any atom is -0.480 e. The predicted octanol–water partition coefficient (Wildman–Crippen LogP) is 4.32. The molecule has 0 aliphatic heterocycles. The molecular weight excluding hydrogens is 431 g/mol. The van der Waals surface area contributed by atoms with Gasteiger partial charge in [0.25, 0.3) is 0 Å². The van der Waals surface area contributed by atoms with E-state index in [9.17, 15) is 18.0 Å². The van der Waals surface area contributed by atoms with Crippen molar-refractivity contribution in [3.63, 3.8) is 0 Å². The van der Waals surface area contributed by atoms with Gasteiger partial charge in [-0.25, -0.2) is 0 Å². The van der Waals surface area contributed by atoms with Gasteiger partial charge in [-0.05, 0) is 49.4 Å². The van der Waals surface area contributed by atoms with E-state index in [0.29, 0.717) is 22.8 Å². The zero-order valence-electron chi connectivity index (χ0n) is 16.2. The Morgan fingerprint density at radius 1 is 1.13 bits per heavy atom. The number of alkyl halides is 3. The average molecular weight is 447 g/mol. The first-order chi connectivity index (χ1) is 14.7. The Labute approximate surface area is 178 Å². The Morgan fingerprint density at radius 2 is 1.87 bits per heavy atom. The number of benzene rings is 2. The average Bonchev–Trinajstić information content (AvgIpc) is 3.28. The Balaban J connectivity index is 1.48. The molecule has 4 rings (SSSR count). The number of carboxylic acid groups (broad SMARTS) is 1. The molecule has 2 aromatic carbocycles. The van der Waals surface area contributed by atoms with Crippen molar-refractivity contribution in [3.05, 3.63) is 65.6 Å². The van der Waals surface area contributed by atoms with Crippen molar-refractivity contribution in [3.8, 4) is 5.69 Å². The molecule has 0 saturated carbocycles. The third kappa shape index (κ3) is 4.55. The van der Waals surface area contributed by atoms with Crippen LogP contribution >= 0.6 is 11.8 Å². The number of rotatable bonds is 6. The Kier molecular flexibility index (Phi) is 5.44. The van der Waals surface area contributed by atoms with Gasteiger partial charge in [0.05, 0.1) is 34.4 Å². The Hall–Kier alpha value is -3.34. The number of aromatic nitrogens is 5. The number of thioether (sulfide) groups is 1. The summed E-state index contributed by atoms with van der Waals surface area (Å²) in [6.07, 6.45) is -2.77. The van der Waals surface area contributed by atoms with Gasteiger partial charge in [0.15, 0.2) is 0 Å². The molecule has 0 fully saturated rings. The molecule has 0 spiro atoms. The second-order valence-corrected chi connectivity index (χ2v) is 7.82. The van der Waals surface area contributed by atoms with Crippen LogP contribution in [0.2, 0.25) is 0 Å². The van der Waals surface area contributed by atoms with E-state index < -0.39 is 17.7 Å². The highest BCUT2D eigenvalue weighted by molar-refractivity contribution is 7.98. The largest absolute Gasteiger partial charge is 0.480 e. The molecule has 11 heteroatoms. The molecule has 0 atom stereocenters. The van der Waals surface area contributed by atoms with Gasteiger partial charge >= 0.3 is 12.1 Å². The fourth-order valence-electron chi connectivity index (χ4n) is 3.00. The van der Waals surface area contributed by atoms with Gasteiger partial charge in [0.2, 0.25) is 0 Å². The van der Waals surface area contributed by atoms with Gasteiger partial charge in [-0.15, -0.1) is 11.8 Å². The highest BCUT2D eigenvalue weighted by Crippen LogP contribution is 2.30. The van der Waals surface area contributed by atoms with Gasteiger partial charge in [-0.2, -0.15) is 33.3 Å². The van der Waals surface area contributed by atoms with Crippen LogP contribution in [0.3, 0.4) is 0 Å². The lowest BCUT2D eigenvalue weighted by atomic mass is 10.2. The summed E-state index contributed by atoms with van der Waals surface area (Å²) in [6.45, 7) is 1.59. The summed E-state index contributed by atoms with van der Waals surface area (Å²) in [5.41, 5.74) is 1.85. The van der Waals surface area contributed by atoms with Gasteiger partial charge in [-0.1, -0.05) is 0 Å². The molecule has 0 radical (unpaired) electrons. The molecule has 0 unspecified atom stereocenters. The number of hydrogen-bond donors (Lipinski definition) is 1. The Bertz CT molecular complexity index is 1250. The van der Waals surface area contributed by atoms with E-state index in [4.69, 9.17) is 5.11 Å². The van der Waals surface area contributed by atoms with Crippen molar-refractivity contribution in [2.24, 2.45) is 0 Å². The van der Waals surface area contributed by atoms with E-state index >= 15 is 0 Å². The van der Waals surface area contributed by atoms with Gasteiger partial charge in [0, 0.05) is 16.0 Å².